The molecule has 0 bridgehead atoms. The lowest BCUT2D eigenvalue weighted by Gasteiger charge is -2.06. The zero-order chi connectivity index (χ0) is 14.8. The van der Waals surface area contributed by atoms with E-state index in [4.69, 9.17) is 9.63 Å². The summed E-state index contributed by atoms with van der Waals surface area (Å²) in [6.07, 6.45) is 2.35. The second-order valence-electron chi connectivity index (χ2n) is 4.06. The molecule has 106 valence electrons. The van der Waals surface area contributed by atoms with Crippen molar-refractivity contribution in [3.05, 3.63) is 41.5 Å². The van der Waals surface area contributed by atoms with Crippen molar-refractivity contribution >= 4 is 21.7 Å². The lowest BCUT2D eigenvalue weighted by atomic mass is 10.3. The minimum atomic E-state index is -3.72. The number of aromatic carboxylic acids is 1. The fraction of sp³-hybridized carbons (Fsp3) is 0.182. The Hall–Kier alpha value is -2.42. The molecule has 20 heavy (non-hydrogen) atoms. The Morgan fingerprint density at radius 2 is 2.15 bits per heavy atom. The Kier molecular flexibility index (Phi) is 3.70. The quantitative estimate of drug-likeness (QED) is 0.844. The Balaban J connectivity index is 2.15. The van der Waals surface area contributed by atoms with Crippen molar-refractivity contribution in [2.24, 2.45) is 0 Å². The van der Waals surface area contributed by atoms with E-state index in [-0.39, 0.29) is 22.7 Å². The summed E-state index contributed by atoms with van der Waals surface area (Å²) in [5.74, 6) is -1.06. The first-order valence-electron chi connectivity index (χ1n) is 5.47. The number of hydrogen-bond donors (Lipinski definition) is 2. The van der Waals surface area contributed by atoms with E-state index >= 15 is 0 Å². The molecule has 0 saturated heterocycles. The third-order valence-corrected chi connectivity index (χ3v) is 3.50. The van der Waals surface area contributed by atoms with E-state index in [9.17, 15) is 13.2 Å². The van der Waals surface area contributed by atoms with Gasteiger partial charge in [0.25, 0.3) is 0 Å². The van der Waals surface area contributed by atoms with Crippen molar-refractivity contribution in [2.75, 3.05) is 4.72 Å². The molecule has 0 unspecified atom stereocenters. The highest BCUT2D eigenvalue weighted by atomic mass is 32.2. The molecule has 0 atom stereocenters. The highest BCUT2D eigenvalue weighted by molar-refractivity contribution is 7.91. The SMILES string of the molecule is Cc1cc(CS(=O)(=O)Nc2cncc(C(=O)O)c2)no1. The number of aromatic nitrogens is 2. The molecule has 0 spiro atoms. The summed E-state index contributed by atoms with van der Waals surface area (Å²) in [4.78, 5) is 14.4. The third kappa shape index (κ3) is 3.54. The van der Waals surface area contributed by atoms with Crippen LogP contribution in [-0.2, 0) is 15.8 Å². The normalized spacial score (nSPS) is 11.2. The maximum atomic E-state index is 11.9. The van der Waals surface area contributed by atoms with Gasteiger partial charge >= 0.3 is 5.97 Å². The molecule has 2 aromatic heterocycles. The molecule has 0 fully saturated rings. The van der Waals surface area contributed by atoms with Gasteiger partial charge in [0.15, 0.2) is 0 Å². The van der Waals surface area contributed by atoms with Crippen LogP contribution in [0, 0.1) is 6.92 Å². The summed E-state index contributed by atoms with van der Waals surface area (Å²) < 4.78 is 30.8. The Labute approximate surface area is 114 Å². The van der Waals surface area contributed by atoms with Crippen LogP contribution in [0.2, 0.25) is 0 Å². The molecule has 9 heteroatoms. The molecule has 0 aliphatic carbocycles. The second-order valence-corrected chi connectivity index (χ2v) is 5.78. The van der Waals surface area contributed by atoms with Gasteiger partial charge in [0.1, 0.15) is 17.2 Å². The van der Waals surface area contributed by atoms with Gasteiger partial charge < -0.3 is 9.63 Å². The number of carbonyl (C=O) groups is 1. The molecule has 2 rings (SSSR count). The van der Waals surface area contributed by atoms with Crippen molar-refractivity contribution in [3.8, 4) is 0 Å². The van der Waals surface area contributed by atoms with Gasteiger partial charge in [-0.15, -0.1) is 0 Å². The molecule has 2 aromatic rings. The number of sulfonamides is 1. The van der Waals surface area contributed by atoms with Crippen LogP contribution in [0.15, 0.2) is 29.0 Å². The number of nitrogens with one attached hydrogen (secondary N) is 1. The number of carboxylic acids is 1. The molecule has 8 nitrogen and oxygen atoms in total. The first kappa shape index (κ1) is 14.0. The van der Waals surface area contributed by atoms with Crippen LogP contribution in [0.1, 0.15) is 21.8 Å². The molecule has 0 aromatic carbocycles. The zero-order valence-electron chi connectivity index (χ0n) is 10.4. The summed E-state index contributed by atoms with van der Waals surface area (Å²) >= 11 is 0. The van der Waals surface area contributed by atoms with Crippen LogP contribution in [0.5, 0.6) is 0 Å². The summed E-state index contributed by atoms with van der Waals surface area (Å²) in [7, 11) is -3.72. The minimum Gasteiger partial charge on any atom is -0.478 e. The van der Waals surface area contributed by atoms with Crippen LogP contribution in [-0.4, -0.2) is 29.6 Å². The average molecular weight is 297 g/mol. The minimum absolute atomic E-state index is 0.0742. The maximum absolute atomic E-state index is 11.9. The number of hydrogen-bond acceptors (Lipinski definition) is 6. The number of carboxylic acid groups (broad SMARTS) is 1. The Morgan fingerprint density at radius 1 is 1.40 bits per heavy atom. The van der Waals surface area contributed by atoms with Crippen LogP contribution >= 0.6 is 0 Å². The molecule has 0 amide bonds. The number of aryl methyl sites for hydroxylation is 1. The molecular weight excluding hydrogens is 286 g/mol. The lowest BCUT2D eigenvalue weighted by molar-refractivity contribution is 0.0696. The number of rotatable bonds is 5. The Bertz CT molecular complexity index is 738. The summed E-state index contributed by atoms with van der Waals surface area (Å²) in [6, 6.07) is 2.69. The molecule has 0 aliphatic rings. The predicted octanol–water partition coefficient (Wildman–Crippen LogP) is 1.02. The number of pyridine rings is 1. The third-order valence-electron chi connectivity index (χ3n) is 2.27. The van der Waals surface area contributed by atoms with Gasteiger partial charge in [-0.05, 0) is 13.0 Å². The standard InChI is InChI=1S/C11H11N3O5S/c1-7-2-10(13-19-7)6-20(17,18)14-9-3-8(11(15)16)4-12-5-9/h2-5,14H,6H2,1H3,(H,15,16). The van der Waals surface area contributed by atoms with E-state index in [1.165, 1.54) is 18.3 Å². The van der Waals surface area contributed by atoms with Crippen LogP contribution in [0.4, 0.5) is 5.69 Å². The topological polar surface area (TPSA) is 122 Å². The van der Waals surface area contributed by atoms with Crippen LogP contribution in [0.3, 0.4) is 0 Å². The van der Waals surface area contributed by atoms with E-state index in [2.05, 4.69) is 14.9 Å². The van der Waals surface area contributed by atoms with Gasteiger partial charge in [-0.1, -0.05) is 5.16 Å². The summed E-state index contributed by atoms with van der Waals surface area (Å²) in [5.41, 5.74) is 0.227. The number of anilines is 1. The van der Waals surface area contributed by atoms with E-state index in [1.807, 2.05) is 0 Å². The highest BCUT2D eigenvalue weighted by Crippen LogP contribution is 2.13. The first-order chi connectivity index (χ1) is 9.35. The van der Waals surface area contributed by atoms with Gasteiger partial charge in [0, 0.05) is 12.3 Å². The summed E-state index contributed by atoms with van der Waals surface area (Å²) in [6.45, 7) is 1.65. The van der Waals surface area contributed by atoms with E-state index < -0.39 is 16.0 Å². The van der Waals surface area contributed by atoms with Crippen molar-refractivity contribution in [1.29, 1.82) is 0 Å². The van der Waals surface area contributed by atoms with Crippen molar-refractivity contribution in [3.63, 3.8) is 0 Å². The zero-order valence-corrected chi connectivity index (χ0v) is 11.2. The maximum Gasteiger partial charge on any atom is 0.337 e. The smallest absolute Gasteiger partial charge is 0.337 e. The first-order valence-corrected chi connectivity index (χ1v) is 7.12. The van der Waals surface area contributed by atoms with E-state index in [0.717, 1.165) is 6.20 Å². The molecule has 2 N–H and O–H groups in total. The Morgan fingerprint density at radius 3 is 2.75 bits per heavy atom. The molecular formula is C11H11N3O5S. The molecule has 0 aliphatic heterocycles. The van der Waals surface area contributed by atoms with Gasteiger partial charge in [-0.2, -0.15) is 0 Å². The monoisotopic (exact) mass is 297 g/mol. The van der Waals surface area contributed by atoms with Gasteiger partial charge in [-0.3, -0.25) is 9.71 Å². The van der Waals surface area contributed by atoms with Crippen LogP contribution < -0.4 is 4.72 Å². The van der Waals surface area contributed by atoms with E-state index in [0.29, 0.717) is 5.76 Å². The fourth-order valence-electron chi connectivity index (χ4n) is 1.51. The number of nitrogens with zero attached hydrogens (tertiary/aromatic N) is 2. The van der Waals surface area contributed by atoms with Gasteiger partial charge in [-0.25, -0.2) is 13.2 Å². The van der Waals surface area contributed by atoms with E-state index in [1.54, 1.807) is 6.92 Å². The second kappa shape index (κ2) is 5.29. The predicted molar refractivity (Wildman–Crippen MR) is 68.7 cm³/mol. The van der Waals surface area contributed by atoms with Crippen molar-refractivity contribution in [2.45, 2.75) is 12.7 Å². The fourth-order valence-corrected chi connectivity index (χ4v) is 2.58. The lowest BCUT2D eigenvalue weighted by Crippen LogP contribution is -2.15. The van der Waals surface area contributed by atoms with Crippen LogP contribution in [0.25, 0.3) is 0 Å². The van der Waals surface area contributed by atoms with Crippen molar-refractivity contribution in [1.82, 2.24) is 10.1 Å². The summed E-state index contributed by atoms with van der Waals surface area (Å²) in [5, 5.41) is 12.4. The molecule has 0 saturated carbocycles. The van der Waals surface area contributed by atoms with Gasteiger partial charge in [0.2, 0.25) is 10.0 Å². The van der Waals surface area contributed by atoms with Crippen molar-refractivity contribution < 1.29 is 22.8 Å². The largest absolute Gasteiger partial charge is 0.478 e. The van der Waals surface area contributed by atoms with Gasteiger partial charge in [0.05, 0.1) is 17.4 Å². The molecule has 0 radical (unpaired) electrons. The molecule has 2 heterocycles. The highest BCUT2D eigenvalue weighted by Gasteiger charge is 2.15. The average Bonchev–Trinajstić information content (AvgIpc) is 2.73.